The van der Waals surface area contributed by atoms with E-state index >= 15 is 0 Å². The van der Waals surface area contributed by atoms with Gasteiger partial charge in [0.15, 0.2) is 0 Å². The Kier molecular flexibility index (Phi) is 0.689. The SMILES string of the molecule is [2H]c1ccncc1O. The van der Waals surface area contributed by atoms with Gasteiger partial charge in [-0.2, -0.15) is 0 Å². The highest BCUT2D eigenvalue weighted by Gasteiger charge is 1.76. The van der Waals surface area contributed by atoms with Gasteiger partial charge in [-0.05, 0) is 12.1 Å². The van der Waals surface area contributed by atoms with Crippen molar-refractivity contribution in [2.45, 2.75) is 0 Å². The molecule has 2 nitrogen and oxygen atoms in total. The molecule has 0 saturated carbocycles. The first-order valence-electron chi connectivity index (χ1n) is 2.40. The second-order valence-corrected chi connectivity index (χ2v) is 1.12. The summed E-state index contributed by atoms with van der Waals surface area (Å²) in [5, 5.41) is 8.67. The molecule has 0 saturated heterocycles. The van der Waals surface area contributed by atoms with E-state index in [1.807, 2.05) is 0 Å². The zero-order valence-electron chi connectivity index (χ0n) is 4.63. The number of pyridine rings is 1. The molecule has 0 amide bonds. The van der Waals surface area contributed by atoms with Crippen molar-refractivity contribution in [3.8, 4) is 5.75 Å². The van der Waals surface area contributed by atoms with Crippen molar-refractivity contribution in [3.63, 3.8) is 0 Å². The third kappa shape index (κ3) is 0.892. The second-order valence-electron chi connectivity index (χ2n) is 1.12. The summed E-state index contributed by atoms with van der Waals surface area (Å²) < 4.78 is 6.93. The molecule has 0 aliphatic heterocycles. The van der Waals surface area contributed by atoms with Crippen molar-refractivity contribution >= 4 is 0 Å². The van der Waals surface area contributed by atoms with Gasteiger partial charge in [0.1, 0.15) is 5.75 Å². The van der Waals surface area contributed by atoms with Crippen LogP contribution >= 0.6 is 0 Å². The number of nitrogens with zero attached hydrogens (tertiary/aromatic N) is 1. The summed E-state index contributed by atoms with van der Waals surface area (Å²) in [5.41, 5.74) is 0. The molecule has 0 fully saturated rings. The largest absolute Gasteiger partial charge is 0.506 e. The van der Waals surface area contributed by atoms with Crippen molar-refractivity contribution in [2.75, 3.05) is 0 Å². The van der Waals surface area contributed by atoms with Crippen LogP contribution in [-0.2, 0) is 0 Å². The number of aromatic hydroxyl groups is 1. The maximum atomic E-state index is 8.67. The van der Waals surface area contributed by atoms with E-state index in [9.17, 15) is 0 Å². The Labute approximate surface area is 42.9 Å². The minimum absolute atomic E-state index is 0.0764. The van der Waals surface area contributed by atoms with Gasteiger partial charge in [0.05, 0.1) is 7.57 Å². The zero-order chi connectivity index (χ0) is 5.98. The molecular weight excluding hydrogens is 90.1 g/mol. The smallest absolute Gasteiger partial charge is 0.133 e. The first-order chi connectivity index (χ1) is 3.80. The summed E-state index contributed by atoms with van der Waals surface area (Å²) in [6, 6.07) is 1.54. The van der Waals surface area contributed by atoms with Crippen LogP contribution in [-0.4, -0.2) is 10.1 Å². The van der Waals surface area contributed by atoms with Crippen molar-refractivity contribution in [1.82, 2.24) is 4.98 Å². The highest BCUT2D eigenvalue weighted by Crippen LogP contribution is 1.99. The van der Waals surface area contributed by atoms with Crippen molar-refractivity contribution in [1.29, 1.82) is 0 Å². The van der Waals surface area contributed by atoms with Crippen LogP contribution in [0.5, 0.6) is 5.75 Å². The fourth-order valence-electron chi connectivity index (χ4n) is 0.317. The van der Waals surface area contributed by atoms with Crippen molar-refractivity contribution < 1.29 is 6.48 Å². The number of aromatic nitrogens is 1. The van der Waals surface area contributed by atoms with Gasteiger partial charge in [-0.15, -0.1) is 0 Å². The van der Waals surface area contributed by atoms with Crippen molar-refractivity contribution in [3.05, 3.63) is 24.5 Å². The summed E-state index contributed by atoms with van der Waals surface area (Å²) in [4.78, 5) is 3.58. The van der Waals surface area contributed by atoms with E-state index in [0.717, 1.165) is 0 Å². The van der Waals surface area contributed by atoms with Gasteiger partial charge in [0, 0.05) is 6.20 Å². The van der Waals surface area contributed by atoms with E-state index in [-0.39, 0.29) is 11.8 Å². The van der Waals surface area contributed by atoms with Gasteiger partial charge in [-0.25, -0.2) is 0 Å². The van der Waals surface area contributed by atoms with Crippen LogP contribution in [0.15, 0.2) is 24.5 Å². The molecular formula is C5H5NO. The van der Waals surface area contributed by atoms with Crippen LogP contribution in [0.3, 0.4) is 0 Å². The van der Waals surface area contributed by atoms with Crippen LogP contribution in [0, 0.1) is 0 Å². The quantitative estimate of drug-likeness (QED) is 0.518. The highest BCUT2D eigenvalue weighted by atomic mass is 16.3. The van der Waals surface area contributed by atoms with E-state index in [1.165, 1.54) is 18.5 Å². The molecule has 1 aromatic rings. The fourth-order valence-corrected chi connectivity index (χ4v) is 0.317. The lowest BCUT2D eigenvalue weighted by molar-refractivity contribution is 0.472. The molecule has 2 heteroatoms. The predicted molar refractivity (Wildman–Crippen MR) is 25.9 cm³/mol. The third-order valence-corrected chi connectivity index (χ3v) is 0.589. The van der Waals surface area contributed by atoms with E-state index in [1.54, 1.807) is 0 Å². The average Bonchev–Trinajstić information content (AvgIpc) is 1.77. The molecule has 1 rings (SSSR count). The number of hydrogen-bond acceptors (Lipinski definition) is 2. The molecule has 0 radical (unpaired) electrons. The van der Waals surface area contributed by atoms with Crippen LogP contribution in [0.25, 0.3) is 0 Å². The zero-order valence-corrected chi connectivity index (χ0v) is 3.63. The van der Waals surface area contributed by atoms with Crippen LogP contribution < -0.4 is 0 Å². The number of hydrogen-bond donors (Lipinski definition) is 1. The summed E-state index contributed by atoms with van der Waals surface area (Å²) in [7, 11) is 0. The molecule has 0 atom stereocenters. The van der Waals surface area contributed by atoms with E-state index in [4.69, 9.17) is 6.48 Å². The summed E-state index contributed by atoms with van der Waals surface area (Å²) in [5.74, 6) is -0.0764. The molecule has 0 spiro atoms. The Morgan fingerprint density at radius 3 is 3.14 bits per heavy atom. The Morgan fingerprint density at radius 2 is 2.71 bits per heavy atom. The molecule has 0 unspecified atom stereocenters. The minimum Gasteiger partial charge on any atom is -0.506 e. The molecule has 0 aliphatic rings. The number of rotatable bonds is 0. The van der Waals surface area contributed by atoms with Gasteiger partial charge in [-0.3, -0.25) is 4.98 Å². The van der Waals surface area contributed by atoms with Gasteiger partial charge in [0.2, 0.25) is 0 Å². The normalized spacial score (nSPS) is 10.6. The lowest BCUT2D eigenvalue weighted by Gasteiger charge is -1.81. The summed E-state index contributed by atoms with van der Waals surface area (Å²) >= 11 is 0. The molecule has 1 heterocycles. The van der Waals surface area contributed by atoms with Gasteiger partial charge in [-0.1, -0.05) is 0 Å². The molecule has 0 aromatic carbocycles. The molecule has 1 N–H and O–H groups in total. The summed E-state index contributed by atoms with van der Waals surface area (Å²) in [6.07, 6.45) is 2.70. The van der Waals surface area contributed by atoms with E-state index in [2.05, 4.69) is 4.98 Å². The van der Waals surface area contributed by atoms with Crippen LogP contribution in [0.1, 0.15) is 1.37 Å². The Hall–Kier alpha value is -1.05. The first kappa shape index (κ1) is 3.02. The Bertz CT molecular complexity index is 169. The van der Waals surface area contributed by atoms with E-state index in [0.29, 0.717) is 0 Å². The standard InChI is InChI=1S/C5H5NO/c7-5-2-1-3-6-4-5/h1-4,7H/i2D. The average molecular weight is 96.1 g/mol. The maximum absolute atomic E-state index is 8.67. The summed E-state index contributed by atoms with van der Waals surface area (Å²) in [6.45, 7) is 0. The molecule has 1 aromatic heterocycles. The third-order valence-electron chi connectivity index (χ3n) is 0.589. The minimum atomic E-state index is -0.0764. The molecule has 0 aliphatic carbocycles. The lowest BCUT2D eigenvalue weighted by Crippen LogP contribution is -1.64. The molecule has 7 heavy (non-hydrogen) atoms. The lowest BCUT2D eigenvalue weighted by atomic mass is 10.5. The first-order valence-corrected chi connectivity index (χ1v) is 1.90. The molecule has 0 bridgehead atoms. The Balaban J connectivity index is 3.13. The van der Waals surface area contributed by atoms with Crippen LogP contribution in [0.4, 0.5) is 0 Å². The van der Waals surface area contributed by atoms with Gasteiger partial charge >= 0.3 is 0 Å². The predicted octanol–water partition coefficient (Wildman–Crippen LogP) is 0.787. The topological polar surface area (TPSA) is 33.1 Å². The van der Waals surface area contributed by atoms with E-state index < -0.39 is 0 Å². The highest BCUT2D eigenvalue weighted by molar-refractivity contribution is 5.12. The van der Waals surface area contributed by atoms with Gasteiger partial charge in [0.25, 0.3) is 0 Å². The maximum Gasteiger partial charge on any atom is 0.133 e. The fraction of sp³-hybridized carbons (Fsp3) is 0. The van der Waals surface area contributed by atoms with Crippen LogP contribution in [0.2, 0.25) is 0 Å². The van der Waals surface area contributed by atoms with Gasteiger partial charge < -0.3 is 5.11 Å². The second kappa shape index (κ2) is 1.60. The van der Waals surface area contributed by atoms with Crippen molar-refractivity contribution in [2.24, 2.45) is 0 Å². The molecule has 36 valence electrons. The Morgan fingerprint density at radius 1 is 1.86 bits per heavy atom. The monoisotopic (exact) mass is 96.0 g/mol.